The van der Waals surface area contributed by atoms with Crippen molar-refractivity contribution >= 4 is 34.9 Å². The first-order chi connectivity index (χ1) is 15.1. The highest BCUT2D eigenvalue weighted by atomic mass is 35.5. The van der Waals surface area contributed by atoms with Gasteiger partial charge in [0.15, 0.2) is 5.82 Å². The van der Waals surface area contributed by atoms with Gasteiger partial charge in [0.25, 0.3) is 5.91 Å². The predicted octanol–water partition coefficient (Wildman–Crippen LogP) is 6.19. The fourth-order valence-electron chi connectivity index (χ4n) is 4.11. The van der Waals surface area contributed by atoms with E-state index in [2.05, 4.69) is 16.8 Å². The first-order valence-electron chi connectivity index (χ1n) is 10.6. The van der Waals surface area contributed by atoms with Crippen molar-refractivity contribution in [1.29, 1.82) is 0 Å². The summed E-state index contributed by atoms with van der Waals surface area (Å²) in [5, 5.41) is 1.19. The van der Waals surface area contributed by atoms with E-state index >= 15 is 0 Å². The molecule has 31 heavy (non-hydrogen) atoms. The number of likely N-dealkylation sites (tertiary alicyclic amines) is 1. The standard InChI is InChI=1S/C25H25Cl2N3O/c1-2-29-16-4-5-22(17-29)30(24-23(27)6-3-15-28-24)25(31)20-9-7-18(8-10-20)19-11-13-21(26)14-12-19/h3,6-15,22H,2,4-5,16-17H2,1H3/t22-/m1/s1. The van der Waals surface area contributed by atoms with E-state index in [9.17, 15) is 4.79 Å². The minimum absolute atomic E-state index is 0.0320. The first-order valence-corrected chi connectivity index (χ1v) is 11.3. The highest BCUT2D eigenvalue weighted by Crippen LogP contribution is 2.30. The van der Waals surface area contributed by atoms with E-state index in [0.717, 1.165) is 43.6 Å². The minimum atomic E-state index is -0.0776. The minimum Gasteiger partial charge on any atom is -0.302 e. The Labute approximate surface area is 193 Å². The Morgan fingerprint density at radius 3 is 2.39 bits per heavy atom. The van der Waals surface area contributed by atoms with Gasteiger partial charge in [0.2, 0.25) is 0 Å². The molecule has 1 aromatic heterocycles. The number of piperidine rings is 1. The molecule has 6 heteroatoms. The molecule has 2 heterocycles. The Kier molecular flexibility index (Phi) is 6.91. The third kappa shape index (κ3) is 4.93. The second-order valence-electron chi connectivity index (χ2n) is 7.76. The maximum absolute atomic E-state index is 13.7. The number of rotatable bonds is 5. The lowest BCUT2D eigenvalue weighted by atomic mass is 10.0. The average molecular weight is 454 g/mol. The predicted molar refractivity (Wildman–Crippen MR) is 128 cm³/mol. The summed E-state index contributed by atoms with van der Waals surface area (Å²) in [6.07, 6.45) is 3.66. The summed E-state index contributed by atoms with van der Waals surface area (Å²) in [5.74, 6) is 0.449. The van der Waals surface area contributed by atoms with Crippen LogP contribution in [0.5, 0.6) is 0 Å². The number of halogens is 2. The van der Waals surface area contributed by atoms with Gasteiger partial charge in [0.05, 0.1) is 11.1 Å². The summed E-state index contributed by atoms with van der Waals surface area (Å²) in [5.41, 5.74) is 2.71. The van der Waals surface area contributed by atoms with Crippen molar-refractivity contribution in [3.8, 4) is 11.1 Å². The monoisotopic (exact) mass is 453 g/mol. The Hall–Kier alpha value is -2.40. The molecule has 4 nitrogen and oxygen atoms in total. The van der Waals surface area contributed by atoms with E-state index in [1.165, 1.54) is 0 Å². The Morgan fingerprint density at radius 2 is 1.74 bits per heavy atom. The molecule has 1 atom stereocenters. The van der Waals surface area contributed by atoms with Gasteiger partial charge in [-0.05, 0) is 73.5 Å². The first kappa shape index (κ1) is 21.8. The van der Waals surface area contributed by atoms with Gasteiger partial charge in [-0.15, -0.1) is 0 Å². The topological polar surface area (TPSA) is 36.4 Å². The fraction of sp³-hybridized carbons (Fsp3) is 0.280. The molecular formula is C25H25Cl2N3O. The molecule has 3 aromatic rings. The molecule has 1 amide bonds. The molecule has 2 aromatic carbocycles. The van der Waals surface area contributed by atoms with Crippen molar-refractivity contribution in [3.63, 3.8) is 0 Å². The van der Waals surface area contributed by atoms with Crippen LogP contribution in [0, 0.1) is 0 Å². The molecule has 0 unspecified atom stereocenters. The second-order valence-corrected chi connectivity index (χ2v) is 8.60. The van der Waals surface area contributed by atoms with Gasteiger partial charge < -0.3 is 4.90 Å². The Bertz CT molecular complexity index is 1040. The third-order valence-electron chi connectivity index (χ3n) is 5.79. The van der Waals surface area contributed by atoms with Gasteiger partial charge in [0, 0.05) is 23.3 Å². The smallest absolute Gasteiger partial charge is 0.259 e. The molecular weight excluding hydrogens is 429 g/mol. The molecule has 160 valence electrons. The van der Waals surface area contributed by atoms with Gasteiger partial charge in [-0.1, -0.05) is 54.4 Å². The number of amides is 1. The van der Waals surface area contributed by atoms with Crippen LogP contribution in [-0.4, -0.2) is 41.5 Å². The third-order valence-corrected chi connectivity index (χ3v) is 6.34. The van der Waals surface area contributed by atoms with E-state index < -0.39 is 0 Å². The van der Waals surface area contributed by atoms with E-state index in [0.29, 0.717) is 21.4 Å². The molecule has 0 spiro atoms. The zero-order chi connectivity index (χ0) is 21.8. The summed E-state index contributed by atoms with van der Waals surface area (Å²) in [4.78, 5) is 22.3. The van der Waals surface area contributed by atoms with Gasteiger partial charge >= 0.3 is 0 Å². The van der Waals surface area contributed by atoms with Crippen LogP contribution in [-0.2, 0) is 0 Å². The number of hydrogen-bond acceptors (Lipinski definition) is 3. The van der Waals surface area contributed by atoms with Crippen molar-refractivity contribution in [2.24, 2.45) is 0 Å². The summed E-state index contributed by atoms with van der Waals surface area (Å²) >= 11 is 12.5. The summed E-state index contributed by atoms with van der Waals surface area (Å²) in [7, 11) is 0. The molecule has 0 N–H and O–H groups in total. The molecule has 4 rings (SSSR count). The number of anilines is 1. The van der Waals surface area contributed by atoms with Crippen LogP contribution >= 0.6 is 23.2 Å². The Balaban J connectivity index is 1.65. The SMILES string of the molecule is CCN1CCC[C@@H](N(C(=O)c2ccc(-c3ccc(Cl)cc3)cc2)c2ncccc2Cl)C1. The van der Waals surface area contributed by atoms with Crippen LogP contribution in [0.25, 0.3) is 11.1 Å². The number of pyridine rings is 1. The molecule has 0 radical (unpaired) electrons. The molecule has 0 bridgehead atoms. The van der Waals surface area contributed by atoms with Crippen LogP contribution in [0.2, 0.25) is 10.0 Å². The van der Waals surface area contributed by atoms with Gasteiger partial charge in [-0.2, -0.15) is 0 Å². The maximum Gasteiger partial charge on any atom is 0.259 e. The second kappa shape index (κ2) is 9.82. The molecule has 1 aliphatic heterocycles. The number of hydrogen-bond donors (Lipinski definition) is 0. The summed E-state index contributed by atoms with van der Waals surface area (Å²) < 4.78 is 0. The van der Waals surface area contributed by atoms with E-state index in [1.54, 1.807) is 23.2 Å². The molecule has 1 aliphatic rings. The zero-order valence-electron chi connectivity index (χ0n) is 17.5. The lowest BCUT2D eigenvalue weighted by molar-refractivity contribution is 0.0955. The highest BCUT2D eigenvalue weighted by molar-refractivity contribution is 6.33. The van der Waals surface area contributed by atoms with Crippen LogP contribution in [0.3, 0.4) is 0 Å². The average Bonchev–Trinajstić information content (AvgIpc) is 2.81. The maximum atomic E-state index is 13.7. The van der Waals surface area contributed by atoms with Gasteiger partial charge in [0.1, 0.15) is 0 Å². The highest BCUT2D eigenvalue weighted by Gasteiger charge is 2.32. The quantitative estimate of drug-likeness (QED) is 0.462. The summed E-state index contributed by atoms with van der Waals surface area (Å²) in [6, 6.07) is 19.0. The number of likely N-dealkylation sites (N-methyl/N-ethyl adjacent to an activating group) is 1. The molecule has 0 aliphatic carbocycles. The molecule has 0 saturated carbocycles. The number of aromatic nitrogens is 1. The van der Waals surface area contributed by atoms with Crippen molar-refractivity contribution in [1.82, 2.24) is 9.88 Å². The van der Waals surface area contributed by atoms with E-state index in [4.69, 9.17) is 23.2 Å². The van der Waals surface area contributed by atoms with Crippen molar-refractivity contribution in [2.75, 3.05) is 24.5 Å². The van der Waals surface area contributed by atoms with E-state index in [1.807, 2.05) is 48.5 Å². The summed E-state index contributed by atoms with van der Waals surface area (Å²) in [6.45, 7) is 4.99. The molecule has 1 saturated heterocycles. The van der Waals surface area contributed by atoms with Crippen LogP contribution < -0.4 is 4.90 Å². The van der Waals surface area contributed by atoms with Crippen LogP contribution in [0.1, 0.15) is 30.1 Å². The lowest BCUT2D eigenvalue weighted by Gasteiger charge is -2.38. The van der Waals surface area contributed by atoms with Crippen LogP contribution in [0.4, 0.5) is 5.82 Å². The van der Waals surface area contributed by atoms with Gasteiger partial charge in [-0.25, -0.2) is 4.98 Å². The number of benzene rings is 2. The largest absolute Gasteiger partial charge is 0.302 e. The normalized spacial score (nSPS) is 16.8. The number of nitrogens with zero attached hydrogens (tertiary/aromatic N) is 3. The number of carbonyl (C=O) groups is 1. The number of carbonyl (C=O) groups excluding carboxylic acids is 1. The van der Waals surface area contributed by atoms with Gasteiger partial charge in [-0.3, -0.25) is 9.69 Å². The van der Waals surface area contributed by atoms with E-state index in [-0.39, 0.29) is 11.9 Å². The lowest BCUT2D eigenvalue weighted by Crippen LogP contribution is -2.50. The van der Waals surface area contributed by atoms with Crippen molar-refractivity contribution < 1.29 is 4.79 Å². The fourth-order valence-corrected chi connectivity index (χ4v) is 4.44. The van der Waals surface area contributed by atoms with Crippen molar-refractivity contribution in [3.05, 3.63) is 82.5 Å². The Morgan fingerprint density at radius 1 is 1.06 bits per heavy atom. The van der Waals surface area contributed by atoms with Crippen molar-refractivity contribution in [2.45, 2.75) is 25.8 Å². The van der Waals surface area contributed by atoms with Crippen LogP contribution in [0.15, 0.2) is 66.9 Å². The zero-order valence-corrected chi connectivity index (χ0v) is 19.0. The molecule has 1 fully saturated rings.